The summed E-state index contributed by atoms with van der Waals surface area (Å²) in [6.45, 7) is 0.478. The average Bonchev–Trinajstić information content (AvgIpc) is 1.62. The zero-order chi connectivity index (χ0) is 8.58. The van der Waals surface area contributed by atoms with Gasteiger partial charge in [0, 0.05) is 0 Å². The van der Waals surface area contributed by atoms with Crippen molar-refractivity contribution in [1.82, 2.24) is 0 Å². The molecule has 6 heteroatoms. The Morgan fingerprint density at radius 1 is 1.20 bits per heavy atom. The molecule has 0 bridgehead atoms. The van der Waals surface area contributed by atoms with Crippen LogP contribution in [-0.4, -0.2) is 16.7 Å². The molecule has 0 saturated heterocycles. The van der Waals surface area contributed by atoms with Gasteiger partial charge in [0.15, 0.2) is 4.87 Å². The number of alkyl halides is 6. The van der Waals surface area contributed by atoms with Crippen molar-refractivity contribution in [2.75, 3.05) is 0 Å². The summed E-state index contributed by atoms with van der Waals surface area (Å²) >= 11 is 8.99. The largest absolute Gasteiger partial charge is 0.345 e. The first-order chi connectivity index (χ1) is 4.19. The average molecular weight is 199 g/mol. The molecular weight excluding hydrogens is 195 g/mol. The predicted octanol–water partition coefficient (Wildman–Crippen LogP) is 3.08. The number of halogens is 6. The van der Waals surface area contributed by atoms with Gasteiger partial charge in [0.05, 0.1) is 0 Å². The highest BCUT2D eigenvalue weighted by Gasteiger charge is 2.54. The quantitative estimate of drug-likeness (QED) is 0.473. The van der Waals surface area contributed by atoms with Gasteiger partial charge in [-0.05, 0) is 18.5 Å². The van der Waals surface area contributed by atoms with Gasteiger partial charge < -0.3 is 0 Å². The third-order valence-corrected chi connectivity index (χ3v) is 1.86. The minimum absolute atomic E-state index is 0.478. The van der Waals surface area contributed by atoms with Crippen LogP contribution in [0.3, 0.4) is 0 Å². The van der Waals surface area contributed by atoms with Gasteiger partial charge >= 0.3 is 5.38 Å². The van der Waals surface area contributed by atoms with Crippen LogP contribution >= 0.6 is 23.2 Å². The van der Waals surface area contributed by atoms with Crippen molar-refractivity contribution in [3.8, 4) is 0 Å². The van der Waals surface area contributed by atoms with E-state index in [4.69, 9.17) is 11.6 Å². The van der Waals surface area contributed by atoms with E-state index in [1.807, 2.05) is 0 Å². The maximum absolute atomic E-state index is 11.9. The molecule has 1 atom stereocenters. The molecule has 0 radical (unpaired) electrons. The maximum atomic E-state index is 11.9. The standard InChI is InChI=1S/C4H4Cl2F4/c1-3(5,2(7)8)4(6,9)10/h2H,1H3. The molecule has 0 aliphatic heterocycles. The molecular formula is C4H4Cl2F4. The lowest BCUT2D eigenvalue weighted by molar-refractivity contribution is -0.0283. The molecule has 0 amide bonds. The van der Waals surface area contributed by atoms with E-state index in [1.165, 1.54) is 0 Å². The van der Waals surface area contributed by atoms with Gasteiger partial charge in [0.25, 0.3) is 6.43 Å². The van der Waals surface area contributed by atoms with Gasteiger partial charge in [0.1, 0.15) is 0 Å². The Morgan fingerprint density at radius 2 is 1.50 bits per heavy atom. The monoisotopic (exact) mass is 198 g/mol. The second-order valence-corrected chi connectivity index (χ2v) is 3.13. The Bertz CT molecular complexity index is 117. The zero-order valence-corrected chi connectivity index (χ0v) is 6.36. The van der Waals surface area contributed by atoms with Crippen LogP contribution in [0, 0.1) is 0 Å². The van der Waals surface area contributed by atoms with E-state index in [9.17, 15) is 17.6 Å². The van der Waals surface area contributed by atoms with Gasteiger partial charge in [-0.1, -0.05) is 0 Å². The maximum Gasteiger partial charge on any atom is 0.345 e. The summed E-state index contributed by atoms with van der Waals surface area (Å²) in [6.07, 6.45) is -3.36. The Labute approximate surface area is 65.1 Å². The number of hydrogen-bond donors (Lipinski definition) is 0. The van der Waals surface area contributed by atoms with Crippen LogP contribution in [0.1, 0.15) is 6.92 Å². The highest BCUT2D eigenvalue weighted by Crippen LogP contribution is 2.42. The highest BCUT2D eigenvalue weighted by atomic mass is 35.5. The first-order valence-electron chi connectivity index (χ1n) is 2.23. The molecule has 0 saturated carbocycles. The van der Waals surface area contributed by atoms with Crippen molar-refractivity contribution in [1.29, 1.82) is 0 Å². The lowest BCUT2D eigenvalue weighted by Gasteiger charge is -2.25. The molecule has 0 aromatic heterocycles. The smallest absolute Gasteiger partial charge is 0.208 e. The molecule has 0 aromatic rings. The molecule has 0 fully saturated rings. The third kappa shape index (κ3) is 1.89. The summed E-state index contributed by atoms with van der Waals surface area (Å²) in [5, 5.41) is -4.09. The first-order valence-corrected chi connectivity index (χ1v) is 2.99. The van der Waals surface area contributed by atoms with Crippen LogP contribution in [0.2, 0.25) is 0 Å². The second-order valence-electron chi connectivity index (χ2n) is 1.87. The molecule has 1 unspecified atom stereocenters. The van der Waals surface area contributed by atoms with Crippen LogP contribution in [0.25, 0.3) is 0 Å². The van der Waals surface area contributed by atoms with E-state index in [2.05, 4.69) is 11.6 Å². The normalized spacial score (nSPS) is 19.2. The Balaban J connectivity index is 4.40. The molecule has 0 aromatic carbocycles. The van der Waals surface area contributed by atoms with E-state index in [0.29, 0.717) is 6.92 Å². The Hall–Kier alpha value is 0.300. The molecule has 0 spiro atoms. The summed E-state index contributed by atoms with van der Waals surface area (Å²) in [6, 6.07) is 0. The summed E-state index contributed by atoms with van der Waals surface area (Å²) < 4.78 is 47.0. The van der Waals surface area contributed by atoms with E-state index in [1.54, 1.807) is 0 Å². The number of rotatable bonds is 2. The Kier molecular flexibility index (Phi) is 2.82. The van der Waals surface area contributed by atoms with Crippen molar-refractivity contribution in [3.05, 3.63) is 0 Å². The summed E-state index contributed by atoms with van der Waals surface area (Å²) in [7, 11) is 0. The van der Waals surface area contributed by atoms with Crippen molar-refractivity contribution in [3.63, 3.8) is 0 Å². The fraction of sp³-hybridized carbons (Fsp3) is 1.00. The lowest BCUT2D eigenvalue weighted by atomic mass is 10.2. The van der Waals surface area contributed by atoms with Crippen LogP contribution in [0.4, 0.5) is 17.6 Å². The minimum Gasteiger partial charge on any atom is -0.208 e. The second kappa shape index (κ2) is 2.74. The van der Waals surface area contributed by atoms with Gasteiger partial charge in [-0.3, -0.25) is 0 Å². The minimum atomic E-state index is -4.09. The molecule has 0 heterocycles. The molecule has 0 rings (SSSR count). The predicted molar refractivity (Wildman–Crippen MR) is 31.1 cm³/mol. The van der Waals surface area contributed by atoms with Crippen molar-refractivity contribution in [2.45, 2.75) is 23.6 Å². The van der Waals surface area contributed by atoms with E-state index in [0.717, 1.165) is 0 Å². The Morgan fingerprint density at radius 3 is 1.50 bits per heavy atom. The highest BCUT2D eigenvalue weighted by molar-refractivity contribution is 6.33. The van der Waals surface area contributed by atoms with E-state index in [-0.39, 0.29) is 0 Å². The molecule has 0 aliphatic carbocycles. The lowest BCUT2D eigenvalue weighted by Crippen LogP contribution is -2.42. The van der Waals surface area contributed by atoms with E-state index < -0.39 is 16.7 Å². The van der Waals surface area contributed by atoms with Gasteiger partial charge in [0.2, 0.25) is 0 Å². The zero-order valence-electron chi connectivity index (χ0n) is 4.85. The van der Waals surface area contributed by atoms with Crippen LogP contribution in [-0.2, 0) is 0 Å². The topological polar surface area (TPSA) is 0 Å². The number of hydrogen-bond acceptors (Lipinski definition) is 0. The molecule has 62 valence electrons. The van der Waals surface area contributed by atoms with Gasteiger partial charge in [-0.25, -0.2) is 8.78 Å². The van der Waals surface area contributed by atoms with Crippen LogP contribution in [0.5, 0.6) is 0 Å². The molecule has 0 N–H and O–H groups in total. The molecule has 0 aliphatic rings. The summed E-state index contributed by atoms with van der Waals surface area (Å²) in [5.74, 6) is 0. The summed E-state index contributed by atoms with van der Waals surface area (Å²) in [5.41, 5.74) is 0. The van der Waals surface area contributed by atoms with Gasteiger partial charge in [-0.2, -0.15) is 8.78 Å². The molecule has 0 nitrogen and oxygen atoms in total. The van der Waals surface area contributed by atoms with Crippen molar-refractivity contribution in [2.24, 2.45) is 0 Å². The summed E-state index contributed by atoms with van der Waals surface area (Å²) in [4.78, 5) is -2.99. The SMILES string of the molecule is CC(Cl)(C(F)F)C(F)(F)Cl. The van der Waals surface area contributed by atoms with E-state index >= 15 is 0 Å². The van der Waals surface area contributed by atoms with Crippen LogP contribution in [0.15, 0.2) is 0 Å². The van der Waals surface area contributed by atoms with Crippen molar-refractivity contribution >= 4 is 23.2 Å². The molecule has 10 heavy (non-hydrogen) atoms. The first kappa shape index (κ1) is 10.3. The third-order valence-electron chi connectivity index (χ3n) is 0.964. The van der Waals surface area contributed by atoms with Gasteiger partial charge in [-0.15, -0.1) is 11.6 Å². The van der Waals surface area contributed by atoms with Crippen molar-refractivity contribution < 1.29 is 17.6 Å². The van der Waals surface area contributed by atoms with Crippen LogP contribution < -0.4 is 0 Å². The fourth-order valence-corrected chi connectivity index (χ4v) is 0.206. The fourth-order valence-electron chi connectivity index (χ4n) is 0.124.